The first-order chi connectivity index (χ1) is 15.5. The van der Waals surface area contributed by atoms with Crippen LogP contribution >= 0.6 is 0 Å². The lowest BCUT2D eigenvalue weighted by Crippen LogP contribution is -2.34. The molecule has 0 spiro atoms. The van der Waals surface area contributed by atoms with E-state index in [0.717, 1.165) is 42.6 Å². The van der Waals surface area contributed by atoms with Crippen LogP contribution < -0.4 is 10.2 Å². The lowest BCUT2D eigenvalue weighted by atomic mass is 9.98. The second-order valence-electron chi connectivity index (χ2n) is 10.1. The molecule has 2 aliphatic heterocycles. The lowest BCUT2D eigenvalue weighted by Gasteiger charge is -2.33. The van der Waals surface area contributed by atoms with Crippen LogP contribution in [0.15, 0.2) is 48.5 Å². The maximum absolute atomic E-state index is 12.8. The molecule has 2 saturated heterocycles. The van der Waals surface area contributed by atoms with Crippen LogP contribution in [0.5, 0.6) is 0 Å². The minimum absolute atomic E-state index is 0.00946. The summed E-state index contributed by atoms with van der Waals surface area (Å²) < 4.78 is 0. The summed E-state index contributed by atoms with van der Waals surface area (Å²) in [5, 5.41) is 3.16. The molecule has 172 valence electrons. The number of carbonyl (C=O) groups excluding carboxylic acids is 1. The first kappa shape index (κ1) is 22.8. The molecule has 0 saturated carbocycles. The first-order valence-electron chi connectivity index (χ1n) is 12.4. The molecule has 0 unspecified atom stereocenters. The summed E-state index contributed by atoms with van der Waals surface area (Å²) in [5.74, 6) is 1.60. The smallest absolute Gasteiger partial charge is 0.251 e. The van der Waals surface area contributed by atoms with Crippen molar-refractivity contribution in [2.24, 2.45) is 11.8 Å². The largest absolute Gasteiger partial charge is 0.371 e. The van der Waals surface area contributed by atoms with Crippen LogP contribution in [-0.4, -0.2) is 37.0 Å². The fourth-order valence-electron chi connectivity index (χ4n) is 5.00. The van der Waals surface area contributed by atoms with Gasteiger partial charge in [-0.2, -0.15) is 0 Å². The monoisotopic (exact) mass is 433 g/mol. The van der Waals surface area contributed by atoms with Crippen molar-refractivity contribution in [3.63, 3.8) is 0 Å². The molecule has 0 aromatic heterocycles. The fourth-order valence-corrected chi connectivity index (χ4v) is 5.00. The molecule has 2 aromatic rings. The minimum atomic E-state index is -0.0214. The Morgan fingerprint density at radius 3 is 2.28 bits per heavy atom. The van der Waals surface area contributed by atoms with Gasteiger partial charge in [0.15, 0.2) is 0 Å². The van der Waals surface area contributed by atoms with Crippen LogP contribution in [0.25, 0.3) is 0 Å². The third-order valence-electron chi connectivity index (χ3n) is 7.26. The molecule has 0 radical (unpaired) electrons. The highest BCUT2D eigenvalue weighted by Gasteiger charge is 2.18. The topological polar surface area (TPSA) is 35.6 Å². The standard InChI is InChI=1S/C28H39N3O/c1-21-14-17-30(18-15-21)20-24-6-8-26(9-7-24)28(32)29-23(3)25-10-12-27(13-11-25)31-16-4-5-22(2)19-31/h6-13,21-23H,4-5,14-20H2,1-3H3,(H,29,32)/t22-,23-/m0/s1. The zero-order valence-electron chi connectivity index (χ0n) is 20.0. The van der Waals surface area contributed by atoms with E-state index in [2.05, 4.69) is 72.3 Å². The van der Waals surface area contributed by atoms with Crippen LogP contribution in [0.4, 0.5) is 5.69 Å². The molecule has 2 atom stereocenters. The quantitative estimate of drug-likeness (QED) is 0.640. The van der Waals surface area contributed by atoms with E-state index in [1.165, 1.54) is 50.0 Å². The zero-order chi connectivity index (χ0) is 22.5. The fraction of sp³-hybridized carbons (Fsp3) is 0.536. The maximum atomic E-state index is 12.8. The van der Waals surface area contributed by atoms with Crippen molar-refractivity contribution in [2.45, 2.75) is 59.0 Å². The number of likely N-dealkylation sites (tertiary alicyclic amines) is 1. The number of nitrogens with one attached hydrogen (secondary N) is 1. The third-order valence-corrected chi connectivity index (χ3v) is 7.26. The average molecular weight is 434 g/mol. The highest BCUT2D eigenvalue weighted by molar-refractivity contribution is 5.94. The van der Waals surface area contributed by atoms with Crippen LogP contribution in [0.1, 0.15) is 74.0 Å². The molecule has 1 amide bonds. The molecule has 4 heteroatoms. The van der Waals surface area contributed by atoms with Crippen molar-refractivity contribution >= 4 is 11.6 Å². The second kappa shape index (κ2) is 10.5. The Kier molecular flexibility index (Phi) is 7.51. The van der Waals surface area contributed by atoms with Gasteiger partial charge in [-0.05, 0) is 92.9 Å². The SMILES string of the molecule is CC1CCN(Cc2ccc(C(=O)N[C@@H](C)c3ccc(N4CCC[C@H](C)C4)cc3)cc2)CC1. The normalized spacial score (nSPS) is 21.3. The summed E-state index contributed by atoms with van der Waals surface area (Å²) >= 11 is 0. The van der Waals surface area contributed by atoms with E-state index in [1.54, 1.807) is 0 Å². The minimum Gasteiger partial charge on any atom is -0.371 e. The number of rotatable bonds is 6. The molecule has 0 bridgehead atoms. The van der Waals surface area contributed by atoms with Gasteiger partial charge >= 0.3 is 0 Å². The van der Waals surface area contributed by atoms with Crippen LogP contribution in [0.3, 0.4) is 0 Å². The van der Waals surface area contributed by atoms with E-state index in [-0.39, 0.29) is 11.9 Å². The molecule has 2 aliphatic rings. The molecule has 0 aliphatic carbocycles. The number of anilines is 1. The Bertz CT molecular complexity index is 869. The second-order valence-corrected chi connectivity index (χ2v) is 10.1. The van der Waals surface area contributed by atoms with Gasteiger partial charge in [-0.15, -0.1) is 0 Å². The van der Waals surface area contributed by atoms with E-state index in [1.807, 2.05) is 12.1 Å². The van der Waals surface area contributed by atoms with Crippen molar-refractivity contribution in [3.8, 4) is 0 Å². The number of hydrogen-bond acceptors (Lipinski definition) is 3. The molecule has 32 heavy (non-hydrogen) atoms. The van der Waals surface area contributed by atoms with Gasteiger partial charge in [-0.3, -0.25) is 9.69 Å². The molecule has 2 heterocycles. The van der Waals surface area contributed by atoms with Crippen molar-refractivity contribution in [1.29, 1.82) is 0 Å². The average Bonchev–Trinajstić information content (AvgIpc) is 2.81. The number of hydrogen-bond donors (Lipinski definition) is 1. The number of carbonyl (C=O) groups is 1. The number of nitrogens with zero attached hydrogens (tertiary/aromatic N) is 2. The number of amides is 1. The number of benzene rings is 2. The van der Waals surface area contributed by atoms with E-state index < -0.39 is 0 Å². The van der Waals surface area contributed by atoms with Crippen LogP contribution in [0.2, 0.25) is 0 Å². The third kappa shape index (κ3) is 5.92. The molecule has 4 nitrogen and oxygen atoms in total. The van der Waals surface area contributed by atoms with Gasteiger partial charge in [0.25, 0.3) is 5.91 Å². The summed E-state index contributed by atoms with van der Waals surface area (Å²) in [6.45, 7) is 12.3. The predicted octanol–water partition coefficient (Wildman–Crippen LogP) is 5.65. The van der Waals surface area contributed by atoms with Crippen molar-refractivity contribution in [3.05, 3.63) is 65.2 Å². The Labute approximate surface area is 194 Å². The first-order valence-corrected chi connectivity index (χ1v) is 12.4. The Balaban J connectivity index is 1.30. The van der Waals surface area contributed by atoms with Crippen LogP contribution in [-0.2, 0) is 6.54 Å². The Morgan fingerprint density at radius 1 is 0.938 bits per heavy atom. The van der Waals surface area contributed by atoms with E-state index >= 15 is 0 Å². The van der Waals surface area contributed by atoms with Gasteiger partial charge in [0.1, 0.15) is 0 Å². The number of piperidine rings is 2. The summed E-state index contributed by atoms with van der Waals surface area (Å²) in [5.41, 5.74) is 4.44. The van der Waals surface area contributed by atoms with E-state index in [9.17, 15) is 4.79 Å². The van der Waals surface area contributed by atoms with Crippen molar-refractivity contribution < 1.29 is 4.79 Å². The van der Waals surface area contributed by atoms with Crippen molar-refractivity contribution in [1.82, 2.24) is 10.2 Å². The lowest BCUT2D eigenvalue weighted by molar-refractivity contribution is 0.0940. The predicted molar refractivity (Wildman–Crippen MR) is 133 cm³/mol. The maximum Gasteiger partial charge on any atom is 0.251 e. The Hall–Kier alpha value is -2.33. The van der Waals surface area contributed by atoms with Gasteiger partial charge in [-0.25, -0.2) is 0 Å². The van der Waals surface area contributed by atoms with Crippen molar-refractivity contribution in [2.75, 3.05) is 31.1 Å². The molecule has 1 N–H and O–H groups in total. The Morgan fingerprint density at radius 2 is 1.62 bits per heavy atom. The highest BCUT2D eigenvalue weighted by atomic mass is 16.1. The van der Waals surface area contributed by atoms with Gasteiger partial charge in [0, 0.05) is 30.9 Å². The summed E-state index contributed by atoms with van der Waals surface area (Å²) in [7, 11) is 0. The molecule has 2 aromatic carbocycles. The van der Waals surface area contributed by atoms with E-state index in [0.29, 0.717) is 0 Å². The summed E-state index contributed by atoms with van der Waals surface area (Å²) in [6.07, 6.45) is 5.18. The summed E-state index contributed by atoms with van der Waals surface area (Å²) in [6, 6.07) is 16.8. The van der Waals surface area contributed by atoms with Crippen LogP contribution in [0, 0.1) is 11.8 Å². The van der Waals surface area contributed by atoms with E-state index in [4.69, 9.17) is 0 Å². The zero-order valence-corrected chi connectivity index (χ0v) is 20.0. The molecular weight excluding hydrogens is 394 g/mol. The van der Waals surface area contributed by atoms with Gasteiger partial charge < -0.3 is 10.2 Å². The summed E-state index contributed by atoms with van der Waals surface area (Å²) in [4.78, 5) is 17.8. The van der Waals surface area contributed by atoms with Gasteiger partial charge in [0.05, 0.1) is 6.04 Å². The van der Waals surface area contributed by atoms with Gasteiger partial charge in [0.2, 0.25) is 0 Å². The molecule has 4 rings (SSSR count). The highest BCUT2D eigenvalue weighted by Crippen LogP contribution is 2.25. The molecular formula is C28H39N3O. The van der Waals surface area contributed by atoms with Gasteiger partial charge in [-0.1, -0.05) is 38.1 Å². The molecule has 2 fully saturated rings.